The van der Waals surface area contributed by atoms with Gasteiger partial charge < -0.3 is 5.11 Å². The minimum absolute atomic E-state index is 0.349. The molecule has 0 aromatic carbocycles. The smallest absolute Gasteiger partial charge is 0.0771 e. The van der Waals surface area contributed by atoms with Gasteiger partial charge in [-0.25, -0.2) is 0 Å². The molecule has 0 amide bonds. The maximum atomic E-state index is 9.86. The van der Waals surface area contributed by atoms with Gasteiger partial charge in [0, 0.05) is 0 Å². The first-order chi connectivity index (χ1) is 9.71. The van der Waals surface area contributed by atoms with Crippen LogP contribution in [0, 0.1) is 17.3 Å². The topological polar surface area (TPSA) is 20.2 Å². The molecule has 0 aliphatic heterocycles. The van der Waals surface area contributed by atoms with Crippen LogP contribution in [-0.2, 0) is 0 Å². The minimum Gasteiger partial charge on any atom is -0.386 e. The maximum absolute atomic E-state index is 9.86. The van der Waals surface area contributed by atoms with Crippen LogP contribution in [0.5, 0.6) is 0 Å². The van der Waals surface area contributed by atoms with Gasteiger partial charge in [-0.05, 0) is 76.5 Å². The van der Waals surface area contributed by atoms with E-state index < -0.39 is 5.60 Å². The number of fused-ring (bicyclic) bond motifs is 1. The Balaban J connectivity index is 2.11. The average Bonchev–Trinajstić information content (AvgIpc) is 3.14. The summed E-state index contributed by atoms with van der Waals surface area (Å²) in [5.74, 6) is 1.54. The zero-order valence-corrected chi connectivity index (χ0v) is 14.3. The average molecular weight is 288 g/mol. The molecule has 1 nitrogen and oxygen atoms in total. The van der Waals surface area contributed by atoms with E-state index in [0.29, 0.717) is 5.41 Å². The quantitative estimate of drug-likeness (QED) is 0.687. The van der Waals surface area contributed by atoms with Crippen molar-refractivity contribution in [2.24, 2.45) is 17.3 Å². The van der Waals surface area contributed by atoms with Crippen molar-refractivity contribution >= 4 is 0 Å². The second-order valence-corrected chi connectivity index (χ2v) is 8.11. The lowest BCUT2D eigenvalue weighted by atomic mass is 9.74. The van der Waals surface area contributed by atoms with Crippen LogP contribution in [0.2, 0.25) is 0 Å². The Labute approximate surface area is 130 Å². The molecule has 0 radical (unpaired) electrons. The summed E-state index contributed by atoms with van der Waals surface area (Å²) in [7, 11) is 0. The van der Waals surface area contributed by atoms with Gasteiger partial charge in [0.05, 0.1) is 5.60 Å². The Bertz CT molecular complexity index is 449. The van der Waals surface area contributed by atoms with Crippen LogP contribution < -0.4 is 0 Å². The molecule has 2 rings (SSSR count). The predicted molar refractivity (Wildman–Crippen MR) is 91.1 cm³/mol. The zero-order valence-electron chi connectivity index (χ0n) is 14.3. The monoisotopic (exact) mass is 288 g/mol. The van der Waals surface area contributed by atoms with Crippen molar-refractivity contribution in [3.8, 4) is 0 Å². The van der Waals surface area contributed by atoms with Gasteiger partial charge in [0.2, 0.25) is 0 Å². The largest absolute Gasteiger partial charge is 0.386 e. The molecule has 1 N–H and O–H groups in total. The molecule has 2 aliphatic rings. The molecule has 1 saturated carbocycles. The molecule has 1 fully saturated rings. The summed E-state index contributed by atoms with van der Waals surface area (Å²) in [6.45, 7) is 12.7. The van der Waals surface area contributed by atoms with Gasteiger partial charge in [-0.15, -0.1) is 0 Å². The summed E-state index contributed by atoms with van der Waals surface area (Å²) in [5, 5.41) is 9.86. The molecule has 0 spiro atoms. The Morgan fingerprint density at radius 2 is 2.14 bits per heavy atom. The van der Waals surface area contributed by atoms with Crippen molar-refractivity contribution in [1.29, 1.82) is 0 Å². The third kappa shape index (κ3) is 4.57. The van der Waals surface area contributed by atoms with Gasteiger partial charge in [0.1, 0.15) is 0 Å². The third-order valence-corrected chi connectivity index (χ3v) is 5.37. The molecular formula is C20H32O. The Hall–Kier alpha value is -0.820. The van der Waals surface area contributed by atoms with E-state index in [-0.39, 0.29) is 0 Å². The number of allylic oxidation sites excluding steroid dienone is 4. The van der Waals surface area contributed by atoms with Crippen LogP contribution in [0.3, 0.4) is 0 Å². The van der Waals surface area contributed by atoms with Gasteiger partial charge >= 0.3 is 0 Å². The fraction of sp³-hybridized carbons (Fsp3) is 0.700. The van der Waals surface area contributed by atoms with Crippen molar-refractivity contribution in [3.05, 3.63) is 36.0 Å². The van der Waals surface area contributed by atoms with Crippen LogP contribution in [0.25, 0.3) is 0 Å². The summed E-state index contributed by atoms with van der Waals surface area (Å²) >= 11 is 0. The van der Waals surface area contributed by atoms with E-state index in [4.69, 9.17) is 0 Å². The lowest BCUT2D eigenvalue weighted by Gasteiger charge is -2.31. The second-order valence-electron chi connectivity index (χ2n) is 8.11. The molecule has 0 saturated heterocycles. The second kappa shape index (κ2) is 6.12. The Kier molecular flexibility index (Phi) is 4.82. The van der Waals surface area contributed by atoms with Gasteiger partial charge in [-0.1, -0.05) is 42.9 Å². The summed E-state index contributed by atoms with van der Waals surface area (Å²) in [6, 6.07) is 0. The molecule has 3 atom stereocenters. The van der Waals surface area contributed by atoms with Gasteiger partial charge in [-0.3, -0.25) is 0 Å². The molecule has 0 unspecified atom stereocenters. The number of hydrogen-bond acceptors (Lipinski definition) is 1. The van der Waals surface area contributed by atoms with Crippen molar-refractivity contribution < 1.29 is 5.11 Å². The van der Waals surface area contributed by atoms with Crippen LogP contribution in [0.1, 0.15) is 66.2 Å². The zero-order chi connectivity index (χ0) is 15.7. The molecule has 1 heteroatoms. The van der Waals surface area contributed by atoms with E-state index in [1.54, 1.807) is 0 Å². The van der Waals surface area contributed by atoms with Crippen molar-refractivity contribution in [2.75, 3.05) is 0 Å². The van der Waals surface area contributed by atoms with Crippen molar-refractivity contribution in [2.45, 2.75) is 71.8 Å². The molecule has 118 valence electrons. The fourth-order valence-electron chi connectivity index (χ4n) is 3.75. The van der Waals surface area contributed by atoms with E-state index in [1.807, 2.05) is 19.9 Å². The molecule has 2 aliphatic carbocycles. The third-order valence-electron chi connectivity index (χ3n) is 5.37. The highest BCUT2D eigenvalue weighted by molar-refractivity contribution is 5.18. The van der Waals surface area contributed by atoms with E-state index in [0.717, 1.165) is 24.7 Å². The van der Waals surface area contributed by atoms with Gasteiger partial charge in [0.25, 0.3) is 0 Å². The highest BCUT2D eigenvalue weighted by atomic mass is 16.3. The van der Waals surface area contributed by atoms with Crippen LogP contribution in [-0.4, -0.2) is 10.7 Å². The first-order valence-electron chi connectivity index (χ1n) is 8.45. The summed E-state index contributed by atoms with van der Waals surface area (Å²) < 4.78 is 0. The van der Waals surface area contributed by atoms with Crippen LogP contribution in [0.15, 0.2) is 36.0 Å². The minimum atomic E-state index is -0.700. The van der Waals surface area contributed by atoms with Gasteiger partial charge in [-0.2, -0.15) is 0 Å². The number of aliphatic hydroxyl groups is 1. The summed E-state index contributed by atoms with van der Waals surface area (Å²) in [6.07, 6.45) is 13.7. The molecule has 0 aromatic rings. The van der Waals surface area contributed by atoms with E-state index in [9.17, 15) is 5.11 Å². The molecule has 0 bridgehead atoms. The highest BCUT2D eigenvalue weighted by Gasteiger charge is 2.49. The maximum Gasteiger partial charge on any atom is 0.0771 e. The highest BCUT2D eigenvalue weighted by Crippen LogP contribution is 2.58. The Morgan fingerprint density at radius 3 is 2.81 bits per heavy atom. The molecule has 0 aromatic heterocycles. The van der Waals surface area contributed by atoms with Gasteiger partial charge in [0.15, 0.2) is 0 Å². The lowest BCUT2D eigenvalue weighted by Crippen LogP contribution is -2.21. The number of rotatable bonds is 3. The Morgan fingerprint density at radius 1 is 1.43 bits per heavy atom. The van der Waals surface area contributed by atoms with E-state index in [1.165, 1.54) is 36.8 Å². The standard InChI is InChI=1S/C20H32O/c1-15-8-6-9-16(2)17-14-18(17)20(5,13-10-15)12-7-11-19(3,4)21/h7-8,11,17-18,21H,2,6,9-10,12-14H2,1,3-5H3/b11-7+,15-8-/t17-,18+,20+/m1/s1. The van der Waals surface area contributed by atoms with E-state index in [2.05, 4.69) is 32.6 Å². The van der Waals surface area contributed by atoms with Crippen LogP contribution >= 0.6 is 0 Å². The van der Waals surface area contributed by atoms with Crippen molar-refractivity contribution in [1.82, 2.24) is 0 Å². The SMILES string of the molecule is C=C1CC/C=C(/C)CC[C@](C)(C/C=C/C(C)(C)O)[C@H]2C[C@H]12. The first kappa shape index (κ1) is 16.5. The van der Waals surface area contributed by atoms with Crippen molar-refractivity contribution in [3.63, 3.8) is 0 Å². The summed E-state index contributed by atoms with van der Waals surface area (Å²) in [4.78, 5) is 0. The number of hydrogen-bond donors (Lipinski definition) is 1. The first-order valence-corrected chi connectivity index (χ1v) is 8.45. The van der Waals surface area contributed by atoms with Crippen LogP contribution in [0.4, 0.5) is 0 Å². The van der Waals surface area contributed by atoms with E-state index >= 15 is 0 Å². The normalized spacial score (nSPS) is 37.0. The summed E-state index contributed by atoms with van der Waals surface area (Å²) in [5.41, 5.74) is 2.64. The predicted octanol–water partition coefficient (Wildman–Crippen LogP) is 5.42. The molecule has 0 heterocycles. The molecular weight excluding hydrogens is 256 g/mol. The molecule has 21 heavy (non-hydrogen) atoms. The fourth-order valence-corrected chi connectivity index (χ4v) is 3.75. The lowest BCUT2D eigenvalue weighted by molar-refractivity contribution is 0.132.